The molecule has 0 aromatic carbocycles. The summed E-state index contributed by atoms with van der Waals surface area (Å²) in [5, 5.41) is 6.40. The predicted molar refractivity (Wildman–Crippen MR) is 89.1 cm³/mol. The molecule has 1 unspecified atom stereocenters. The Morgan fingerprint density at radius 1 is 1.35 bits per heavy atom. The van der Waals surface area contributed by atoms with E-state index in [0.717, 1.165) is 51.7 Å². The lowest BCUT2D eigenvalue weighted by molar-refractivity contribution is -0.149. The molecule has 0 aromatic heterocycles. The number of hydrogen-bond acceptors (Lipinski definition) is 4. The SMILES string of the molecule is CCCC(=O)NC1CCCN(C(=O)C2(COC)CCNCC2)C1. The number of nitrogens with one attached hydrogen (secondary N) is 2. The fourth-order valence-corrected chi connectivity index (χ4v) is 3.74. The largest absolute Gasteiger partial charge is 0.384 e. The molecule has 2 aliphatic rings. The summed E-state index contributed by atoms with van der Waals surface area (Å²) < 4.78 is 5.37. The van der Waals surface area contributed by atoms with Gasteiger partial charge in [-0.1, -0.05) is 6.92 Å². The number of likely N-dealkylation sites (tertiary alicyclic amines) is 1. The second-order valence-electron chi connectivity index (χ2n) is 6.87. The van der Waals surface area contributed by atoms with Crippen LogP contribution in [0, 0.1) is 5.41 Å². The van der Waals surface area contributed by atoms with Gasteiger partial charge >= 0.3 is 0 Å². The van der Waals surface area contributed by atoms with Crippen LogP contribution in [0.15, 0.2) is 0 Å². The van der Waals surface area contributed by atoms with Crippen molar-refractivity contribution >= 4 is 11.8 Å². The number of rotatable bonds is 6. The highest BCUT2D eigenvalue weighted by atomic mass is 16.5. The first-order valence-corrected chi connectivity index (χ1v) is 8.89. The molecule has 0 bridgehead atoms. The van der Waals surface area contributed by atoms with E-state index in [1.165, 1.54) is 0 Å². The second-order valence-corrected chi connectivity index (χ2v) is 6.87. The third kappa shape index (κ3) is 4.67. The van der Waals surface area contributed by atoms with Crippen LogP contribution in [0.25, 0.3) is 0 Å². The number of hydrogen-bond donors (Lipinski definition) is 2. The zero-order valence-corrected chi connectivity index (χ0v) is 14.5. The molecule has 2 saturated heterocycles. The van der Waals surface area contributed by atoms with E-state index < -0.39 is 5.41 Å². The Morgan fingerprint density at radius 3 is 2.74 bits per heavy atom. The minimum atomic E-state index is -0.394. The molecule has 1 atom stereocenters. The van der Waals surface area contributed by atoms with Gasteiger partial charge in [0.15, 0.2) is 0 Å². The minimum Gasteiger partial charge on any atom is -0.384 e. The molecule has 2 rings (SSSR count). The fourth-order valence-electron chi connectivity index (χ4n) is 3.74. The van der Waals surface area contributed by atoms with Gasteiger partial charge in [0.1, 0.15) is 0 Å². The molecule has 0 aromatic rings. The molecule has 132 valence electrons. The number of nitrogens with zero attached hydrogens (tertiary/aromatic N) is 1. The van der Waals surface area contributed by atoms with Crippen molar-refractivity contribution in [1.82, 2.24) is 15.5 Å². The second kappa shape index (κ2) is 8.64. The van der Waals surface area contributed by atoms with Gasteiger partial charge in [-0.25, -0.2) is 0 Å². The molecule has 0 aliphatic carbocycles. The van der Waals surface area contributed by atoms with Crippen LogP contribution in [-0.4, -0.2) is 62.7 Å². The number of piperidine rings is 2. The highest BCUT2D eigenvalue weighted by Crippen LogP contribution is 2.32. The van der Waals surface area contributed by atoms with Crippen LogP contribution in [-0.2, 0) is 14.3 Å². The van der Waals surface area contributed by atoms with Gasteiger partial charge in [-0.2, -0.15) is 0 Å². The molecule has 2 aliphatic heterocycles. The predicted octanol–water partition coefficient (Wildman–Crippen LogP) is 0.910. The summed E-state index contributed by atoms with van der Waals surface area (Å²) >= 11 is 0. The van der Waals surface area contributed by atoms with E-state index in [4.69, 9.17) is 4.74 Å². The monoisotopic (exact) mass is 325 g/mol. The van der Waals surface area contributed by atoms with E-state index in [9.17, 15) is 9.59 Å². The first kappa shape index (κ1) is 18.2. The van der Waals surface area contributed by atoms with Crippen molar-refractivity contribution in [3.63, 3.8) is 0 Å². The zero-order valence-electron chi connectivity index (χ0n) is 14.5. The van der Waals surface area contributed by atoms with Gasteiger partial charge < -0.3 is 20.3 Å². The maximum Gasteiger partial charge on any atom is 0.231 e. The highest BCUT2D eigenvalue weighted by molar-refractivity contribution is 5.83. The van der Waals surface area contributed by atoms with Gasteiger partial charge in [-0.05, 0) is 45.2 Å². The van der Waals surface area contributed by atoms with E-state index in [1.807, 2.05) is 11.8 Å². The zero-order chi connectivity index (χ0) is 16.7. The van der Waals surface area contributed by atoms with Crippen molar-refractivity contribution in [2.45, 2.75) is 51.5 Å². The molecular formula is C17H31N3O3. The molecule has 2 fully saturated rings. The molecule has 6 nitrogen and oxygen atoms in total. The lowest BCUT2D eigenvalue weighted by atomic mass is 9.78. The number of ether oxygens (including phenoxy) is 1. The third-order valence-corrected chi connectivity index (χ3v) is 4.99. The lowest BCUT2D eigenvalue weighted by Crippen LogP contribution is -2.56. The summed E-state index contributed by atoms with van der Waals surface area (Å²) in [5.74, 6) is 0.301. The first-order valence-electron chi connectivity index (χ1n) is 8.89. The minimum absolute atomic E-state index is 0.0908. The van der Waals surface area contributed by atoms with Gasteiger partial charge in [0, 0.05) is 32.7 Å². The molecule has 0 radical (unpaired) electrons. The van der Waals surface area contributed by atoms with E-state index in [0.29, 0.717) is 19.6 Å². The van der Waals surface area contributed by atoms with Crippen molar-refractivity contribution in [1.29, 1.82) is 0 Å². The maximum absolute atomic E-state index is 13.1. The van der Waals surface area contributed by atoms with Crippen molar-refractivity contribution < 1.29 is 14.3 Å². The van der Waals surface area contributed by atoms with Gasteiger partial charge in [0.25, 0.3) is 0 Å². The fraction of sp³-hybridized carbons (Fsp3) is 0.882. The van der Waals surface area contributed by atoms with Crippen molar-refractivity contribution in [2.75, 3.05) is 39.9 Å². The molecule has 0 spiro atoms. The molecular weight excluding hydrogens is 294 g/mol. The summed E-state index contributed by atoms with van der Waals surface area (Å²) in [7, 11) is 1.67. The van der Waals surface area contributed by atoms with E-state index >= 15 is 0 Å². The summed E-state index contributed by atoms with van der Waals surface area (Å²) in [6.45, 7) is 5.63. The van der Waals surface area contributed by atoms with Crippen molar-refractivity contribution in [3.05, 3.63) is 0 Å². The van der Waals surface area contributed by atoms with Crippen LogP contribution in [0.1, 0.15) is 45.4 Å². The van der Waals surface area contributed by atoms with E-state index in [1.54, 1.807) is 7.11 Å². The lowest BCUT2D eigenvalue weighted by Gasteiger charge is -2.42. The Kier molecular flexibility index (Phi) is 6.84. The smallest absolute Gasteiger partial charge is 0.231 e. The van der Waals surface area contributed by atoms with Gasteiger partial charge in [-0.15, -0.1) is 0 Å². The number of carbonyl (C=O) groups excluding carboxylic acids is 2. The standard InChI is InChI=1S/C17H31N3O3/c1-3-5-15(21)19-14-6-4-11-20(12-14)16(22)17(13-23-2)7-9-18-10-8-17/h14,18H,3-13H2,1-2H3,(H,19,21). The third-order valence-electron chi connectivity index (χ3n) is 4.99. The molecule has 23 heavy (non-hydrogen) atoms. The van der Waals surface area contributed by atoms with Crippen molar-refractivity contribution in [2.24, 2.45) is 5.41 Å². The first-order chi connectivity index (χ1) is 11.1. The van der Waals surface area contributed by atoms with Crippen LogP contribution in [0.3, 0.4) is 0 Å². The summed E-state index contributed by atoms with van der Waals surface area (Å²) in [5.41, 5.74) is -0.394. The van der Waals surface area contributed by atoms with Crippen LogP contribution < -0.4 is 10.6 Å². The Bertz CT molecular complexity index is 402. The summed E-state index contributed by atoms with van der Waals surface area (Å²) in [6, 6.07) is 0.0908. The Labute approximate surface area is 139 Å². The number of methoxy groups -OCH3 is 1. The highest BCUT2D eigenvalue weighted by Gasteiger charge is 2.43. The molecule has 6 heteroatoms. The van der Waals surface area contributed by atoms with Gasteiger partial charge in [0.2, 0.25) is 11.8 Å². The van der Waals surface area contributed by atoms with Gasteiger partial charge in [0.05, 0.1) is 12.0 Å². The normalized spacial score (nSPS) is 24.3. The molecule has 2 heterocycles. The Morgan fingerprint density at radius 2 is 2.09 bits per heavy atom. The average molecular weight is 325 g/mol. The molecule has 0 saturated carbocycles. The quantitative estimate of drug-likeness (QED) is 0.761. The van der Waals surface area contributed by atoms with E-state index in [-0.39, 0.29) is 17.9 Å². The number of carbonyl (C=O) groups is 2. The summed E-state index contributed by atoms with van der Waals surface area (Å²) in [4.78, 5) is 26.9. The van der Waals surface area contributed by atoms with Crippen LogP contribution >= 0.6 is 0 Å². The van der Waals surface area contributed by atoms with E-state index in [2.05, 4.69) is 10.6 Å². The average Bonchev–Trinajstić information content (AvgIpc) is 2.56. The number of amides is 2. The van der Waals surface area contributed by atoms with Gasteiger partial charge in [-0.3, -0.25) is 9.59 Å². The molecule has 2 N–H and O–H groups in total. The Balaban J connectivity index is 1.98. The Hall–Kier alpha value is -1.14. The van der Waals surface area contributed by atoms with Crippen LogP contribution in [0.2, 0.25) is 0 Å². The summed E-state index contributed by atoms with van der Waals surface area (Å²) in [6.07, 6.45) is 4.96. The van der Waals surface area contributed by atoms with Crippen LogP contribution in [0.5, 0.6) is 0 Å². The maximum atomic E-state index is 13.1. The molecule has 2 amide bonds. The van der Waals surface area contributed by atoms with Crippen LogP contribution in [0.4, 0.5) is 0 Å². The topological polar surface area (TPSA) is 70.7 Å². The van der Waals surface area contributed by atoms with Crippen molar-refractivity contribution in [3.8, 4) is 0 Å².